The number of hydrogen-bond donors (Lipinski definition) is 0. The third-order valence-corrected chi connectivity index (χ3v) is 10.2. The fraction of sp³-hybridized carbons (Fsp3) is 0.714. The van der Waals surface area contributed by atoms with Crippen LogP contribution in [0.4, 0.5) is 30.7 Å². The van der Waals surface area contributed by atoms with Crippen molar-refractivity contribution < 1.29 is 67.1 Å². The summed E-state index contributed by atoms with van der Waals surface area (Å²) in [7, 11) is -5.92. The molecule has 2 heterocycles. The first kappa shape index (κ1) is 46.0. The van der Waals surface area contributed by atoms with Crippen molar-refractivity contribution in [2.75, 3.05) is 32.9 Å². The normalized spacial score (nSPS) is 15.6. The molecule has 312 valence electrons. The Labute approximate surface area is 316 Å². The van der Waals surface area contributed by atoms with Crippen LogP contribution in [0.2, 0.25) is 0 Å². The second-order valence-electron chi connectivity index (χ2n) is 14.1. The molecule has 0 saturated carbocycles. The molecule has 0 spiro atoms. The molecule has 1 fully saturated rings. The lowest BCUT2D eigenvalue weighted by Gasteiger charge is -2.42. The van der Waals surface area contributed by atoms with Gasteiger partial charge in [-0.05, 0) is 26.7 Å². The molecule has 1 aliphatic rings. The molecule has 1 aromatic heterocycles. The minimum Gasteiger partial charge on any atom is -0.415 e. The average Bonchev–Trinajstić information content (AvgIpc) is 3.62. The predicted octanol–water partition coefficient (Wildman–Crippen LogP) is 7.45. The highest BCUT2D eigenvalue weighted by Gasteiger charge is 2.57. The number of carbonyl (C=O) groups excluding carboxylic acids is 2. The van der Waals surface area contributed by atoms with E-state index in [-0.39, 0.29) is 26.3 Å². The average molecular weight is 819 g/mol. The molecular formula is C35H49F7N4O8S. The van der Waals surface area contributed by atoms with Crippen molar-refractivity contribution in [3.8, 4) is 5.75 Å². The number of carbonyl (C=O) groups is 2. The van der Waals surface area contributed by atoms with Crippen LogP contribution in [0, 0.1) is 34.5 Å². The van der Waals surface area contributed by atoms with Crippen LogP contribution in [0.15, 0.2) is 6.20 Å². The Morgan fingerprint density at radius 2 is 1.29 bits per heavy atom. The van der Waals surface area contributed by atoms with Crippen LogP contribution in [0.3, 0.4) is 0 Å². The molecule has 12 nitrogen and oxygen atoms in total. The van der Waals surface area contributed by atoms with Gasteiger partial charge in [0.15, 0.2) is 11.5 Å². The maximum Gasteiger partial charge on any atom is 0.447 e. The molecule has 0 unspecified atom stereocenters. The molecule has 55 heavy (non-hydrogen) atoms. The topological polar surface area (TPSA) is 139 Å². The van der Waals surface area contributed by atoms with Crippen LogP contribution in [-0.2, 0) is 35.1 Å². The maximum atomic E-state index is 15.7. The van der Waals surface area contributed by atoms with E-state index in [0.717, 1.165) is 67.1 Å². The Morgan fingerprint density at radius 1 is 0.818 bits per heavy atom. The SMILES string of the molecule is CCCCCCCCN(CCCCCCCC)C(=O)C(F)(F)S(=O)(=O)OCC1(Cn2cc(C(=O)Oc3c(F)c(F)c(F)c(F)c3F)nn2)COC(C)(C)OC1. The van der Waals surface area contributed by atoms with Gasteiger partial charge in [-0.1, -0.05) is 83.3 Å². The second-order valence-corrected chi connectivity index (χ2v) is 15.8. The fourth-order valence-corrected chi connectivity index (χ4v) is 6.53. The summed E-state index contributed by atoms with van der Waals surface area (Å²) >= 11 is 0. The number of esters is 1. The molecule has 3 rings (SSSR count). The van der Waals surface area contributed by atoms with E-state index < -0.39 is 92.1 Å². The van der Waals surface area contributed by atoms with Gasteiger partial charge in [-0.25, -0.2) is 18.0 Å². The monoisotopic (exact) mass is 818 g/mol. The van der Waals surface area contributed by atoms with Gasteiger partial charge < -0.3 is 19.1 Å². The summed E-state index contributed by atoms with van der Waals surface area (Å²) in [6.45, 7) is 4.71. The summed E-state index contributed by atoms with van der Waals surface area (Å²) in [5.74, 6) is -18.7. The van der Waals surface area contributed by atoms with E-state index in [1.54, 1.807) is 0 Å². The summed E-state index contributed by atoms with van der Waals surface area (Å²) < 4.78 is 148. The molecule has 0 atom stereocenters. The molecular weight excluding hydrogens is 769 g/mol. The van der Waals surface area contributed by atoms with Crippen LogP contribution in [0.1, 0.15) is 115 Å². The summed E-state index contributed by atoms with van der Waals surface area (Å²) in [6, 6.07) is 0. The number of amides is 1. The van der Waals surface area contributed by atoms with Gasteiger partial charge in [-0.15, -0.1) is 5.10 Å². The highest BCUT2D eigenvalue weighted by atomic mass is 32.2. The van der Waals surface area contributed by atoms with Crippen LogP contribution in [0.25, 0.3) is 0 Å². The zero-order valence-corrected chi connectivity index (χ0v) is 32.2. The maximum absolute atomic E-state index is 15.7. The minimum atomic E-state index is -5.92. The highest BCUT2D eigenvalue weighted by molar-refractivity contribution is 7.88. The first-order valence-corrected chi connectivity index (χ1v) is 19.7. The third kappa shape index (κ3) is 12.3. The molecule has 1 aliphatic heterocycles. The lowest BCUT2D eigenvalue weighted by atomic mass is 9.90. The number of benzene rings is 1. The van der Waals surface area contributed by atoms with Crippen molar-refractivity contribution in [3.63, 3.8) is 0 Å². The number of nitrogens with zero attached hydrogens (tertiary/aromatic N) is 4. The first-order chi connectivity index (χ1) is 25.8. The van der Waals surface area contributed by atoms with E-state index in [0.29, 0.717) is 25.7 Å². The van der Waals surface area contributed by atoms with Gasteiger partial charge in [0, 0.05) is 13.1 Å². The zero-order valence-electron chi connectivity index (χ0n) is 31.4. The molecule has 1 aromatic carbocycles. The summed E-state index contributed by atoms with van der Waals surface area (Å²) in [5, 5.41) is 2.13. The number of hydrogen-bond acceptors (Lipinski definition) is 10. The van der Waals surface area contributed by atoms with E-state index in [2.05, 4.69) is 15.0 Å². The zero-order chi connectivity index (χ0) is 41.0. The second kappa shape index (κ2) is 20.2. The number of alkyl halides is 2. The van der Waals surface area contributed by atoms with E-state index in [1.807, 2.05) is 13.8 Å². The van der Waals surface area contributed by atoms with Gasteiger partial charge in [0.2, 0.25) is 34.8 Å². The molecule has 0 N–H and O–H groups in total. The van der Waals surface area contributed by atoms with Gasteiger partial charge in [-0.2, -0.15) is 26.0 Å². The molecule has 0 aliphatic carbocycles. The highest BCUT2D eigenvalue weighted by Crippen LogP contribution is 2.35. The fourth-order valence-electron chi connectivity index (χ4n) is 5.64. The Hall–Kier alpha value is -3.36. The van der Waals surface area contributed by atoms with Crippen LogP contribution in [0.5, 0.6) is 5.75 Å². The van der Waals surface area contributed by atoms with Crippen molar-refractivity contribution in [1.82, 2.24) is 19.9 Å². The minimum absolute atomic E-state index is 0.0624. The molecule has 0 radical (unpaired) electrons. The standard InChI is InChI=1S/C35H49F7N4O8S/c1-5-7-9-11-13-15-17-45(18-16-14-12-10-8-6-2)32(48)35(41,42)55(49,50)53-23-34(21-51-33(3,4)52-22-34)20-46-19-24(43-44-46)31(47)54-30-28(39)26(37)25(36)27(38)29(30)40/h19H,5-18,20-23H2,1-4H3. The number of unbranched alkanes of at least 4 members (excludes halogenated alkanes) is 10. The van der Waals surface area contributed by atoms with Crippen molar-refractivity contribution in [3.05, 3.63) is 41.0 Å². The molecule has 1 amide bonds. The van der Waals surface area contributed by atoms with Gasteiger partial charge >= 0.3 is 27.2 Å². The lowest BCUT2D eigenvalue weighted by molar-refractivity contribution is -0.291. The predicted molar refractivity (Wildman–Crippen MR) is 183 cm³/mol. The van der Waals surface area contributed by atoms with Crippen LogP contribution < -0.4 is 4.74 Å². The van der Waals surface area contributed by atoms with Gasteiger partial charge in [-0.3, -0.25) is 13.7 Å². The Morgan fingerprint density at radius 3 is 1.80 bits per heavy atom. The summed E-state index contributed by atoms with van der Waals surface area (Å²) in [6.07, 6.45) is 10.6. The number of halogens is 7. The van der Waals surface area contributed by atoms with Crippen molar-refractivity contribution in [1.29, 1.82) is 0 Å². The first-order valence-electron chi connectivity index (χ1n) is 18.3. The smallest absolute Gasteiger partial charge is 0.415 e. The van der Waals surface area contributed by atoms with Crippen molar-refractivity contribution in [2.24, 2.45) is 5.41 Å². The Balaban J connectivity index is 1.77. The molecule has 1 saturated heterocycles. The molecule has 2 aromatic rings. The number of ether oxygens (including phenoxy) is 3. The Bertz CT molecular complexity index is 1660. The summed E-state index contributed by atoms with van der Waals surface area (Å²) in [4.78, 5) is 26.7. The lowest BCUT2D eigenvalue weighted by Crippen LogP contribution is -2.53. The van der Waals surface area contributed by atoms with E-state index in [1.165, 1.54) is 13.8 Å². The van der Waals surface area contributed by atoms with Gasteiger partial charge in [0.25, 0.3) is 0 Å². The van der Waals surface area contributed by atoms with Gasteiger partial charge in [0.05, 0.1) is 38.0 Å². The van der Waals surface area contributed by atoms with Gasteiger partial charge in [0.1, 0.15) is 0 Å². The quantitative estimate of drug-likeness (QED) is 0.0211. The van der Waals surface area contributed by atoms with Crippen molar-refractivity contribution >= 4 is 22.0 Å². The van der Waals surface area contributed by atoms with Crippen molar-refractivity contribution in [2.45, 2.75) is 122 Å². The van der Waals surface area contributed by atoms with E-state index in [9.17, 15) is 40.0 Å². The third-order valence-electron chi connectivity index (χ3n) is 8.99. The number of rotatable bonds is 23. The van der Waals surface area contributed by atoms with Crippen LogP contribution >= 0.6 is 0 Å². The largest absolute Gasteiger partial charge is 0.447 e. The Kier molecular flexibility index (Phi) is 16.9. The van der Waals surface area contributed by atoms with E-state index >= 15 is 8.78 Å². The van der Waals surface area contributed by atoms with E-state index in [4.69, 9.17) is 13.7 Å². The van der Waals surface area contributed by atoms with Crippen LogP contribution in [-0.4, -0.2) is 84.1 Å². The molecule has 20 heteroatoms. The summed E-state index contributed by atoms with van der Waals surface area (Å²) in [5.41, 5.74) is -2.42. The molecule has 0 bridgehead atoms. The number of aromatic nitrogens is 3.